The van der Waals surface area contributed by atoms with E-state index in [1.165, 1.54) is 7.11 Å². The number of methoxy groups -OCH3 is 2. The quantitative estimate of drug-likeness (QED) is 0.422. The second kappa shape index (κ2) is 8.89. The third-order valence-electron chi connectivity index (χ3n) is 3.02. The lowest BCUT2D eigenvalue weighted by atomic mass is 10.1. The molecule has 0 unspecified atom stereocenters. The molecule has 22 heavy (non-hydrogen) atoms. The van der Waals surface area contributed by atoms with Gasteiger partial charge < -0.3 is 25.3 Å². The lowest BCUT2D eigenvalue weighted by molar-refractivity contribution is -0.142. The van der Waals surface area contributed by atoms with Crippen LogP contribution in [0.4, 0.5) is 5.69 Å². The first-order chi connectivity index (χ1) is 10.5. The molecule has 3 N–H and O–H groups in total. The highest BCUT2D eigenvalue weighted by atomic mass is 16.5. The maximum Gasteiger partial charge on any atom is 0.328 e. The molecule has 1 rings (SSSR count). The Balaban J connectivity index is 2.75. The first kappa shape index (κ1) is 17.8. The van der Waals surface area contributed by atoms with Gasteiger partial charge in [-0.25, -0.2) is 4.79 Å². The number of benzene rings is 1. The van der Waals surface area contributed by atoms with Crippen molar-refractivity contribution in [2.75, 3.05) is 33.2 Å². The van der Waals surface area contributed by atoms with Crippen LogP contribution < -0.4 is 15.8 Å². The van der Waals surface area contributed by atoms with Crippen LogP contribution in [0.2, 0.25) is 0 Å². The van der Waals surface area contributed by atoms with E-state index in [2.05, 4.69) is 10.1 Å². The van der Waals surface area contributed by atoms with Crippen molar-refractivity contribution < 1.29 is 23.8 Å². The molecule has 1 aromatic carbocycles. The fourth-order valence-electron chi connectivity index (χ4n) is 1.79. The van der Waals surface area contributed by atoms with Crippen molar-refractivity contribution in [3.63, 3.8) is 0 Å². The molecule has 0 spiro atoms. The molecular weight excluding hydrogens is 288 g/mol. The topological polar surface area (TPSA) is 99.9 Å². The van der Waals surface area contributed by atoms with Gasteiger partial charge in [0.25, 0.3) is 5.91 Å². The van der Waals surface area contributed by atoms with Gasteiger partial charge in [0.2, 0.25) is 0 Å². The van der Waals surface area contributed by atoms with E-state index in [4.69, 9.17) is 15.2 Å². The number of nitrogen functional groups attached to an aromatic ring is 1. The number of hydrogen-bond acceptors (Lipinski definition) is 6. The van der Waals surface area contributed by atoms with E-state index in [1.807, 2.05) is 0 Å². The van der Waals surface area contributed by atoms with Crippen LogP contribution in [0, 0.1) is 0 Å². The van der Waals surface area contributed by atoms with Gasteiger partial charge in [-0.1, -0.05) is 6.92 Å². The summed E-state index contributed by atoms with van der Waals surface area (Å²) in [5.41, 5.74) is 6.41. The molecule has 0 saturated heterocycles. The Morgan fingerprint density at radius 3 is 2.55 bits per heavy atom. The molecule has 0 fully saturated rings. The summed E-state index contributed by atoms with van der Waals surface area (Å²) >= 11 is 0. The highest BCUT2D eigenvalue weighted by molar-refractivity contribution is 6.01. The van der Waals surface area contributed by atoms with Gasteiger partial charge in [-0.2, -0.15) is 0 Å². The lowest BCUT2D eigenvalue weighted by Crippen LogP contribution is -2.41. The van der Waals surface area contributed by atoms with Crippen LogP contribution in [0.1, 0.15) is 23.7 Å². The minimum atomic E-state index is -0.700. The van der Waals surface area contributed by atoms with Gasteiger partial charge in [-0.05, 0) is 18.6 Å². The summed E-state index contributed by atoms with van der Waals surface area (Å²) in [6.07, 6.45) is 0.427. The zero-order valence-electron chi connectivity index (χ0n) is 13.0. The van der Waals surface area contributed by atoms with E-state index in [9.17, 15) is 9.59 Å². The summed E-state index contributed by atoms with van der Waals surface area (Å²) in [5.74, 6) is -0.377. The lowest BCUT2D eigenvalue weighted by Gasteiger charge is -2.15. The number of nitrogens with one attached hydrogen (secondary N) is 1. The summed E-state index contributed by atoms with van der Waals surface area (Å²) in [6, 6.07) is 4.05. The number of nitrogens with two attached hydrogens (primary N) is 1. The Hall–Kier alpha value is -2.28. The normalized spacial score (nSPS) is 11.6. The van der Waals surface area contributed by atoms with Crippen molar-refractivity contribution in [1.29, 1.82) is 0 Å². The Kier molecular flexibility index (Phi) is 7.18. The summed E-state index contributed by atoms with van der Waals surface area (Å²) in [4.78, 5) is 23.7. The van der Waals surface area contributed by atoms with Crippen molar-refractivity contribution in [1.82, 2.24) is 5.32 Å². The largest absolute Gasteiger partial charge is 0.491 e. The molecule has 1 aromatic rings. The summed E-state index contributed by atoms with van der Waals surface area (Å²) in [7, 11) is 2.86. The van der Waals surface area contributed by atoms with Gasteiger partial charge in [-0.3, -0.25) is 4.79 Å². The van der Waals surface area contributed by atoms with Gasteiger partial charge in [0.15, 0.2) is 0 Å². The first-order valence-corrected chi connectivity index (χ1v) is 6.93. The van der Waals surface area contributed by atoms with Gasteiger partial charge >= 0.3 is 5.97 Å². The SMILES string of the molecule is CC[C@H](NC(=O)c1ccc(OCCOC)cc1N)C(=O)OC. The maximum absolute atomic E-state index is 12.2. The number of esters is 1. The number of ether oxygens (including phenoxy) is 3. The van der Waals surface area contributed by atoms with Crippen molar-refractivity contribution in [2.45, 2.75) is 19.4 Å². The van der Waals surface area contributed by atoms with Crippen molar-refractivity contribution in [3.8, 4) is 5.75 Å². The van der Waals surface area contributed by atoms with Crippen LogP contribution in [0.5, 0.6) is 5.75 Å². The number of rotatable bonds is 8. The van der Waals surface area contributed by atoms with Crippen LogP contribution in [0.25, 0.3) is 0 Å². The molecule has 7 nitrogen and oxygen atoms in total. The van der Waals surface area contributed by atoms with Crippen molar-refractivity contribution >= 4 is 17.6 Å². The molecule has 7 heteroatoms. The third-order valence-corrected chi connectivity index (χ3v) is 3.02. The van der Waals surface area contributed by atoms with Gasteiger partial charge in [0.05, 0.1) is 19.3 Å². The zero-order chi connectivity index (χ0) is 16.5. The number of anilines is 1. The molecule has 0 aliphatic carbocycles. The molecule has 0 aliphatic rings. The average molecular weight is 310 g/mol. The van der Waals surface area contributed by atoms with Gasteiger partial charge in [0.1, 0.15) is 18.4 Å². The van der Waals surface area contributed by atoms with E-state index < -0.39 is 17.9 Å². The standard InChI is InChI=1S/C15H22N2O5/c1-4-13(15(19)21-3)17-14(18)11-6-5-10(9-12(11)16)22-8-7-20-2/h5-6,9,13H,4,7-8,16H2,1-3H3,(H,17,18)/t13-/m0/s1. The molecule has 0 radical (unpaired) electrons. The molecule has 122 valence electrons. The van der Waals surface area contributed by atoms with Crippen LogP contribution in [-0.2, 0) is 14.3 Å². The molecule has 1 atom stereocenters. The predicted molar refractivity (Wildman–Crippen MR) is 81.8 cm³/mol. The minimum absolute atomic E-state index is 0.270. The fourth-order valence-corrected chi connectivity index (χ4v) is 1.79. The Labute approximate surface area is 129 Å². The predicted octanol–water partition coefficient (Wildman–Crippen LogP) is 0.975. The van der Waals surface area contributed by atoms with E-state index >= 15 is 0 Å². The van der Waals surface area contributed by atoms with Crippen LogP contribution in [0.15, 0.2) is 18.2 Å². The van der Waals surface area contributed by atoms with Crippen molar-refractivity contribution in [3.05, 3.63) is 23.8 Å². The Morgan fingerprint density at radius 1 is 1.27 bits per heavy atom. The van der Waals surface area contributed by atoms with E-state index in [-0.39, 0.29) is 11.3 Å². The van der Waals surface area contributed by atoms with Crippen LogP contribution in [-0.4, -0.2) is 45.4 Å². The van der Waals surface area contributed by atoms with E-state index in [0.29, 0.717) is 25.4 Å². The van der Waals surface area contributed by atoms with Crippen LogP contribution >= 0.6 is 0 Å². The number of carbonyl (C=O) groups excluding carboxylic acids is 2. The summed E-state index contributed by atoms with van der Waals surface area (Å²) in [5, 5.41) is 2.59. The summed E-state index contributed by atoms with van der Waals surface area (Å²) < 4.78 is 14.9. The first-order valence-electron chi connectivity index (χ1n) is 6.93. The van der Waals surface area contributed by atoms with Gasteiger partial charge in [-0.15, -0.1) is 0 Å². The van der Waals surface area contributed by atoms with E-state index in [1.54, 1.807) is 32.2 Å². The number of amides is 1. The molecule has 0 aliphatic heterocycles. The second-order valence-corrected chi connectivity index (χ2v) is 4.55. The average Bonchev–Trinajstić information content (AvgIpc) is 2.52. The van der Waals surface area contributed by atoms with E-state index in [0.717, 1.165) is 0 Å². The fraction of sp³-hybridized carbons (Fsp3) is 0.467. The number of carbonyl (C=O) groups is 2. The van der Waals surface area contributed by atoms with Gasteiger partial charge in [0, 0.05) is 18.9 Å². The molecule has 0 saturated carbocycles. The van der Waals surface area contributed by atoms with Crippen LogP contribution in [0.3, 0.4) is 0 Å². The Morgan fingerprint density at radius 2 is 2.00 bits per heavy atom. The van der Waals surface area contributed by atoms with Crippen molar-refractivity contribution in [2.24, 2.45) is 0 Å². The molecule has 1 amide bonds. The molecular formula is C15H22N2O5. The second-order valence-electron chi connectivity index (χ2n) is 4.55. The zero-order valence-corrected chi connectivity index (χ0v) is 13.0. The molecule has 0 heterocycles. The summed E-state index contributed by atoms with van der Waals surface area (Å²) in [6.45, 7) is 2.62. The highest BCUT2D eigenvalue weighted by Gasteiger charge is 2.21. The molecule has 0 bridgehead atoms. The molecule has 0 aromatic heterocycles. The number of hydrogen-bond donors (Lipinski definition) is 2. The Bertz CT molecular complexity index is 519. The minimum Gasteiger partial charge on any atom is -0.491 e. The smallest absolute Gasteiger partial charge is 0.328 e. The maximum atomic E-state index is 12.2. The monoisotopic (exact) mass is 310 g/mol. The highest BCUT2D eigenvalue weighted by Crippen LogP contribution is 2.20. The third kappa shape index (κ3) is 4.92.